The second-order valence-corrected chi connectivity index (χ2v) is 25.1. The fourth-order valence-corrected chi connectivity index (χ4v) is 13.7. The Labute approximate surface area is 210 Å². The zero-order valence-corrected chi connectivity index (χ0v) is 24.1. The van der Waals surface area contributed by atoms with Crippen LogP contribution in [0.1, 0.15) is 44.0 Å². The van der Waals surface area contributed by atoms with Gasteiger partial charge in [0.15, 0.2) is 0 Å². The fourth-order valence-electron chi connectivity index (χ4n) is 3.15. The van der Waals surface area contributed by atoms with Gasteiger partial charge in [-0.25, -0.2) is 0 Å². The van der Waals surface area contributed by atoms with Crippen molar-refractivity contribution in [1.29, 1.82) is 0 Å². The molecule has 0 aliphatic rings. The van der Waals surface area contributed by atoms with Crippen LogP contribution < -0.4 is 3.58 Å². The monoisotopic (exact) mass is 728 g/mol. The maximum atomic E-state index is 14.0. The number of esters is 1. The van der Waals surface area contributed by atoms with Crippen molar-refractivity contribution in [2.75, 3.05) is 0 Å². The number of benzene rings is 1. The first-order valence-electron chi connectivity index (χ1n) is 10.1. The topological polar surface area (TPSA) is 26.3 Å². The molecule has 0 amide bonds. The molecule has 0 aromatic heterocycles. The normalized spacial score (nSPS) is 15.3. The van der Waals surface area contributed by atoms with Gasteiger partial charge < -0.3 is 0 Å². The summed E-state index contributed by atoms with van der Waals surface area (Å²) in [7, 11) is 0. The minimum absolute atomic E-state index is 0.129. The summed E-state index contributed by atoms with van der Waals surface area (Å²) in [4.78, 5) is 16.3. The van der Waals surface area contributed by atoms with Crippen LogP contribution in [0.4, 0.5) is 39.5 Å². The molecule has 196 valence electrons. The molecule has 0 bridgehead atoms. The van der Waals surface area contributed by atoms with Crippen molar-refractivity contribution in [3.8, 4) is 0 Å². The van der Waals surface area contributed by atoms with E-state index < -0.39 is 64.2 Å². The molecule has 2 nitrogen and oxygen atoms in total. The third-order valence-corrected chi connectivity index (χ3v) is 15.9. The first-order valence-corrected chi connectivity index (χ1v) is 20.5. The minimum atomic E-state index is -6.88. The van der Waals surface area contributed by atoms with Gasteiger partial charge in [0.05, 0.1) is 0 Å². The Bertz CT molecular complexity index is 865. The molecule has 0 saturated heterocycles. The molecule has 13 heteroatoms. The summed E-state index contributed by atoms with van der Waals surface area (Å²) in [6.07, 6.45) is -8.82. The van der Waals surface area contributed by atoms with E-state index in [1.54, 1.807) is 45.0 Å². The molecule has 34 heavy (non-hydrogen) atoms. The third kappa shape index (κ3) is 7.31. The van der Waals surface area contributed by atoms with Crippen LogP contribution in [0.5, 0.6) is 0 Å². The summed E-state index contributed by atoms with van der Waals surface area (Å²) in [5.74, 6) is -19.7. The van der Waals surface area contributed by atoms with Crippen molar-refractivity contribution >= 4 is 50.5 Å². The van der Waals surface area contributed by atoms with Crippen LogP contribution >= 0.6 is 22.6 Å². The number of hydrogen-bond acceptors (Lipinski definition) is 2. The maximum absolute atomic E-state index is 14.0. The first-order chi connectivity index (χ1) is 15.0. The van der Waals surface area contributed by atoms with Crippen LogP contribution in [0.2, 0.25) is 14.3 Å². The summed E-state index contributed by atoms with van der Waals surface area (Å²) in [5, 5.41) is 0. The predicted molar refractivity (Wildman–Crippen MR) is 121 cm³/mol. The number of carbonyl (C=O) groups excluding carboxylic acids is 1. The first kappa shape index (κ1) is 31.6. The molecule has 1 rings (SSSR count). The van der Waals surface area contributed by atoms with Crippen LogP contribution in [0.3, 0.4) is 0 Å². The molecule has 1 aromatic carbocycles. The van der Waals surface area contributed by atoms with E-state index in [0.29, 0.717) is 9.14 Å². The van der Waals surface area contributed by atoms with E-state index >= 15 is 0 Å². The average Bonchev–Trinajstić information content (AvgIpc) is 2.63. The number of ether oxygens (including phenoxy) is 1. The Kier molecular flexibility index (Phi) is 9.79. The van der Waals surface area contributed by atoms with Crippen LogP contribution in [0.15, 0.2) is 24.3 Å². The quantitative estimate of drug-likeness (QED) is 0.0862. The molecule has 0 aliphatic carbocycles. The molecule has 0 aliphatic heterocycles. The van der Waals surface area contributed by atoms with Gasteiger partial charge >= 0.3 is 211 Å². The Hall–Kier alpha value is -0.411. The number of hydrogen-bond donors (Lipinski definition) is 0. The number of carbonyl (C=O) groups is 1. The van der Waals surface area contributed by atoms with Crippen molar-refractivity contribution in [3.05, 3.63) is 29.8 Å². The van der Waals surface area contributed by atoms with Gasteiger partial charge in [0, 0.05) is 0 Å². The summed E-state index contributed by atoms with van der Waals surface area (Å²) < 4.78 is 123. The molecule has 1 unspecified atom stereocenters. The van der Waals surface area contributed by atoms with E-state index in [1.165, 1.54) is 22.6 Å². The molecular weight excluding hydrogens is 701 g/mol. The van der Waals surface area contributed by atoms with E-state index in [9.17, 15) is 44.3 Å². The van der Waals surface area contributed by atoms with E-state index in [2.05, 4.69) is 0 Å². The Morgan fingerprint density at radius 1 is 0.941 bits per heavy atom. The Morgan fingerprint density at radius 3 is 1.91 bits per heavy atom. The summed E-state index contributed by atoms with van der Waals surface area (Å²) in [5.41, 5.74) is -0.475. The molecule has 0 radical (unpaired) electrons. The van der Waals surface area contributed by atoms with E-state index in [1.807, 2.05) is 9.88 Å². The number of rotatable bonds is 9. The predicted octanol–water partition coefficient (Wildman–Crippen LogP) is 7.61. The standard InChI is InChI=1S/C11H13O2.C8H7F9I.2CH3.Sn/c1-11(2,3)13-10(12)9-7-5-4-6-8-9;1-2-4(18)3-5(9,10)6(11,12)7(13,14)8(15,16)17;;;/h4-7H,1-3H3;4H,1-3H2;2*1H3;. The molecule has 1 atom stereocenters. The van der Waals surface area contributed by atoms with Crippen LogP contribution in [0.25, 0.3) is 0 Å². The molecule has 0 saturated carbocycles. The van der Waals surface area contributed by atoms with Crippen molar-refractivity contribution in [1.82, 2.24) is 0 Å². The zero-order chi connectivity index (χ0) is 27.0. The van der Waals surface area contributed by atoms with Crippen LogP contribution in [-0.4, -0.2) is 57.8 Å². The van der Waals surface area contributed by atoms with Gasteiger partial charge in [-0.1, -0.05) is 0 Å². The summed E-state index contributed by atoms with van der Waals surface area (Å²) in [6.45, 7) is 5.04. The Morgan fingerprint density at radius 2 is 1.44 bits per heavy atom. The van der Waals surface area contributed by atoms with E-state index in [-0.39, 0.29) is 10.9 Å². The van der Waals surface area contributed by atoms with Gasteiger partial charge in [-0.05, 0) is 0 Å². The Balaban J connectivity index is 3.03. The van der Waals surface area contributed by atoms with Crippen molar-refractivity contribution in [3.63, 3.8) is 0 Å². The summed E-state index contributed by atoms with van der Waals surface area (Å²) >= 11 is -2.10. The van der Waals surface area contributed by atoms with Crippen LogP contribution in [0, 0.1) is 0 Å². The van der Waals surface area contributed by atoms with Crippen molar-refractivity contribution in [2.24, 2.45) is 0 Å². The average molecular weight is 727 g/mol. The van der Waals surface area contributed by atoms with Crippen LogP contribution in [-0.2, 0) is 4.74 Å². The molecule has 1 aromatic rings. The summed E-state index contributed by atoms with van der Waals surface area (Å²) in [6, 6.07) is 6.55. The zero-order valence-electron chi connectivity index (χ0n) is 19.1. The molecular formula is C21H26F9IO2Sn. The fraction of sp³-hybridized carbons (Fsp3) is 0.667. The van der Waals surface area contributed by atoms with Crippen molar-refractivity contribution < 1.29 is 49.0 Å². The van der Waals surface area contributed by atoms with Gasteiger partial charge in [0.2, 0.25) is 0 Å². The van der Waals surface area contributed by atoms with E-state index in [0.717, 1.165) is 0 Å². The number of alkyl halides is 10. The molecule has 0 heterocycles. The van der Waals surface area contributed by atoms with Crippen molar-refractivity contribution in [2.45, 2.75) is 81.4 Å². The third-order valence-electron chi connectivity index (χ3n) is 5.05. The van der Waals surface area contributed by atoms with E-state index in [4.69, 9.17) is 4.74 Å². The van der Waals surface area contributed by atoms with Gasteiger partial charge in [-0.2, -0.15) is 0 Å². The molecule has 0 spiro atoms. The van der Waals surface area contributed by atoms with Gasteiger partial charge in [0.25, 0.3) is 0 Å². The van der Waals surface area contributed by atoms with Gasteiger partial charge in [-0.15, -0.1) is 0 Å². The molecule has 0 fully saturated rings. The second-order valence-electron chi connectivity index (χ2n) is 9.62. The van der Waals surface area contributed by atoms with Gasteiger partial charge in [0.1, 0.15) is 0 Å². The SMILES string of the molecule is CC(C)(C)OC(=O)c1cccc[c]1[Sn]([CH3])([CH3])[CH2]CC(I)CC(F)(F)C(F)(F)C(F)(F)C(F)(F)F. The molecule has 0 N–H and O–H groups in total. The van der Waals surface area contributed by atoms with Gasteiger partial charge in [-0.3, -0.25) is 0 Å². The number of halogens is 10. The second kappa shape index (κ2) is 10.5.